The first-order valence-electron chi connectivity index (χ1n) is 6.25. The van der Waals surface area contributed by atoms with Crippen LogP contribution >= 0.6 is 15.9 Å². The molecule has 0 bridgehead atoms. The molecule has 1 aliphatic carbocycles. The average molecular weight is 314 g/mol. The highest BCUT2D eigenvalue weighted by Crippen LogP contribution is 2.38. The molecule has 0 unspecified atom stereocenters. The van der Waals surface area contributed by atoms with Crippen molar-refractivity contribution in [3.05, 3.63) is 34.1 Å². The van der Waals surface area contributed by atoms with Gasteiger partial charge in [-0.2, -0.15) is 0 Å². The first-order valence-corrected chi connectivity index (χ1v) is 7.04. The van der Waals surface area contributed by atoms with E-state index in [1.165, 1.54) is 6.07 Å². The van der Waals surface area contributed by atoms with Crippen LogP contribution in [0, 0.1) is 11.2 Å². The van der Waals surface area contributed by atoms with Gasteiger partial charge in [-0.15, -0.1) is 0 Å². The molecule has 2 rings (SSSR count). The third-order valence-corrected chi connectivity index (χ3v) is 4.50. The van der Waals surface area contributed by atoms with E-state index in [9.17, 15) is 9.18 Å². The number of benzene rings is 1. The zero-order valence-electron chi connectivity index (χ0n) is 10.2. The summed E-state index contributed by atoms with van der Waals surface area (Å²) in [6, 6.07) is 4.72. The normalized spacial score (nSPS) is 17.9. The topological polar surface area (TPSA) is 43.1 Å². The highest BCUT2D eigenvalue weighted by Gasteiger charge is 2.39. The van der Waals surface area contributed by atoms with Gasteiger partial charge in [-0.25, -0.2) is 4.39 Å². The van der Waals surface area contributed by atoms with Gasteiger partial charge in [0.2, 0.25) is 0 Å². The molecule has 0 aromatic heterocycles. The van der Waals surface area contributed by atoms with Crippen molar-refractivity contribution in [3.8, 4) is 0 Å². The van der Waals surface area contributed by atoms with E-state index in [2.05, 4.69) is 15.9 Å². The van der Waals surface area contributed by atoms with Gasteiger partial charge in [0.05, 0.1) is 4.47 Å². The van der Waals surface area contributed by atoms with Crippen molar-refractivity contribution >= 4 is 21.7 Å². The fraction of sp³-hybridized carbons (Fsp3) is 0.500. The minimum atomic E-state index is -0.332. The van der Waals surface area contributed by atoms with E-state index in [0.717, 1.165) is 31.2 Å². The molecule has 0 heterocycles. The molecular weight excluding hydrogens is 297 g/mol. The molecule has 1 aromatic rings. The van der Waals surface area contributed by atoms with E-state index >= 15 is 0 Å². The minimum absolute atomic E-state index is 0.195. The molecule has 0 aliphatic heterocycles. The van der Waals surface area contributed by atoms with Gasteiger partial charge in [0.1, 0.15) is 11.6 Å². The standard InChI is InChI=1S/C14H17BrFNO/c15-11-7-10(3-4-12(11)16)8-13(18)14(9-17)5-1-2-6-14/h3-4,7H,1-2,5-6,8-9,17H2. The highest BCUT2D eigenvalue weighted by molar-refractivity contribution is 9.10. The van der Waals surface area contributed by atoms with Gasteiger partial charge in [-0.1, -0.05) is 18.9 Å². The second kappa shape index (κ2) is 5.49. The highest BCUT2D eigenvalue weighted by atomic mass is 79.9. The maximum Gasteiger partial charge on any atom is 0.144 e. The summed E-state index contributed by atoms with van der Waals surface area (Å²) in [7, 11) is 0. The number of carbonyl (C=O) groups excluding carboxylic acids is 1. The number of ketones is 1. The molecular formula is C14H17BrFNO. The van der Waals surface area contributed by atoms with E-state index < -0.39 is 0 Å². The number of carbonyl (C=O) groups is 1. The minimum Gasteiger partial charge on any atom is -0.329 e. The molecule has 2 N–H and O–H groups in total. The van der Waals surface area contributed by atoms with Crippen molar-refractivity contribution in [1.29, 1.82) is 0 Å². The smallest absolute Gasteiger partial charge is 0.144 e. The summed E-state index contributed by atoms with van der Waals surface area (Å²) in [5.41, 5.74) is 6.30. The lowest BCUT2D eigenvalue weighted by atomic mass is 9.79. The van der Waals surface area contributed by atoms with Crippen molar-refractivity contribution in [2.75, 3.05) is 6.54 Å². The predicted octanol–water partition coefficient (Wildman–Crippen LogP) is 3.22. The van der Waals surface area contributed by atoms with Crippen LogP contribution in [0.15, 0.2) is 22.7 Å². The lowest BCUT2D eigenvalue weighted by Crippen LogP contribution is -2.37. The predicted molar refractivity (Wildman–Crippen MR) is 72.8 cm³/mol. The Balaban J connectivity index is 2.13. The van der Waals surface area contributed by atoms with Crippen molar-refractivity contribution in [1.82, 2.24) is 0 Å². The Bertz CT molecular complexity index is 455. The summed E-state index contributed by atoms with van der Waals surface area (Å²) in [6.45, 7) is 0.425. The van der Waals surface area contributed by atoms with Crippen LogP contribution in [-0.4, -0.2) is 12.3 Å². The van der Waals surface area contributed by atoms with Gasteiger partial charge in [0.15, 0.2) is 0 Å². The Morgan fingerprint density at radius 1 is 1.39 bits per heavy atom. The van der Waals surface area contributed by atoms with E-state index in [1.807, 2.05) is 0 Å². The van der Waals surface area contributed by atoms with Crippen LogP contribution in [0.3, 0.4) is 0 Å². The third-order valence-electron chi connectivity index (χ3n) is 3.89. The lowest BCUT2D eigenvalue weighted by molar-refractivity contribution is -0.127. The molecule has 1 saturated carbocycles. The molecule has 18 heavy (non-hydrogen) atoms. The van der Waals surface area contributed by atoms with Gasteiger partial charge in [-0.05, 0) is 46.5 Å². The monoisotopic (exact) mass is 313 g/mol. The molecule has 0 amide bonds. The van der Waals surface area contributed by atoms with E-state index in [0.29, 0.717) is 17.4 Å². The number of Topliss-reactive ketones (excluding diaryl/α,β-unsaturated/α-hetero) is 1. The molecule has 2 nitrogen and oxygen atoms in total. The zero-order valence-corrected chi connectivity index (χ0v) is 11.8. The summed E-state index contributed by atoms with van der Waals surface area (Å²) < 4.78 is 13.5. The van der Waals surface area contributed by atoms with Crippen molar-refractivity contribution in [2.24, 2.45) is 11.1 Å². The van der Waals surface area contributed by atoms with Crippen molar-refractivity contribution in [2.45, 2.75) is 32.1 Å². The summed E-state index contributed by atoms with van der Waals surface area (Å²) >= 11 is 3.14. The van der Waals surface area contributed by atoms with Gasteiger partial charge in [-0.3, -0.25) is 4.79 Å². The van der Waals surface area contributed by atoms with Gasteiger partial charge in [0.25, 0.3) is 0 Å². The quantitative estimate of drug-likeness (QED) is 0.927. The number of halogens is 2. The zero-order chi connectivity index (χ0) is 13.2. The van der Waals surface area contributed by atoms with Crippen LogP contribution in [0.2, 0.25) is 0 Å². The van der Waals surface area contributed by atoms with Gasteiger partial charge >= 0.3 is 0 Å². The lowest BCUT2D eigenvalue weighted by Gasteiger charge is -2.25. The summed E-state index contributed by atoms with van der Waals surface area (Å²) in [6.07, 6.45) is 4.29. The van der Waals surface area contributed by atoms with Gasteiger partial charge < -0.3 is 5.73 Å². The van der Waals surface area contributed by atoms with Crippen LogP contribution in [0.5, 0.6) is 0 Å². The second-order valence-electron chi connectivity index (χ2n) is 5.04. The number of hydrogen-bond acceptors (Lipinski definition) is 2. The molecule has 1 aromatic carbocycles. The Morgan fingerprint density at radius 2 is 2.06 bits per heavy atom. The second-order valence-corrected chi connectivity index (χ2v) is 5.89. The Kier molecular flexibility index (Phi) is 4.17. The maximum atomic E-state index is 13.1. The maximum absolute atomic E-state index is 13.1. The van der Waals surface area contributed by atoms with E-state index in [-0.39, 0.29) is 17.0 Å². The summed E-state index contributed by atoms with van der Waals surface area (Å²) in [5, 5.41) is 0. The summed E-state index contributed by atoms with van der Waals surface area (Å²) in [4.78, 5) is 12.4. The van der Waals surface area contributed by atoms with Crippen LogP contribution in [-0.2, 0) is 11.2 Å². The molecule has 1 fully saturated rings. The molecule has 1 aliphatic rings. The molecule has 98 valence electrons. The first-order chi connectivity index (χ1) is 8.57. The Morgan fingerprint density at radius 3 is 2.61 bits per heavy atom. The molecule has 0 atom stereocenters. The van der Waals surface area contributed by atoms with Gasteiger partial charge in [0, 0.05) is 18.4 Å². The number of hydrogen-bond donors (Lipinski definition) is 1. The van der Waals surface area contributed by atoms with Crippen molar-refractivity contribution < 1.29 is 9.18 Å². The SMILES string of the molecule is NCC1(C(=O)Cc2ccc(F)c(Br)c2)CCCC1. The molecule has 4 heteroatoms. The number of rotatable bonds is 4. The fourth-order valence-electron chi connectivity index (χ4n) is 2.67. The average Bonchev–Trinajstić information content (AvgIpc) is 2.84. The molecule has 0 radical (unpaired) electrons. The number of nitrogens with two attached hydrogens (primary N) is 1. The summed E-state index contributed by atoms with van der Waals surface area (Å²) in [5.74, 6) is -0.110. The third kappa shape index (κ3) is 2.64. The van der Waals surface area contributed by atoms with Crippen molar-refractivity contribution in [3.63, 3.8) is 0 Å². The van der Waals surface area contributed by atoms with Crippen LogP contribution in [0.4, 0.5) is 4.39 Å². The molecule has 0 saturated heterocycles. The first kappa shape index (κ1) is 13.7. The Hall–Kier alpha value is -0.740. The van der Waals surface area contributed by atoms with Crippen LogP contribution in [0.1, 0.15) is 31.2 Å². The Labute approximate surface area is 115 Å². The molecule has 0 spiro atoms. The fourth-order valence-corrected chi connectivity index (χ4v) is 3.10. The van der Waals surface area contributed by atoms with Crippen LogP contribution < -0.4 is 5.73 Å². The largest absolute Gasteiger partial charge is 0.329 e. The van der Waals surface area contributed by atoms with E-state index in [1.54, 1.807) is 12.1 Å². The van der Waals surface area contributed by atoms with E-state index in [4.69, 9.17) is 5.73 Å². The van der Waals surface area contributed by atoms with Crippen LogP contribution in [0.25, 0.3) is 0 Å².